The number of hydrogen-bond donors (Lipinski definition) is 2. The number of aliphatic hydroxyl groups is 1. The van der Waals surface area contributed by atoms with Crippen LogP contribution in [0.25, 0.3) is 0 Å². The van der Waals surface area contributed by atoms with Gasteiger partial charge in [-0.2, -0.15) is 0 Å². The van der Waals surface area contributed by atoms with Crippen LogP contribution in [0.5, 0.6) is 0 Å². The first-order valence-corrected chi connectivity index (χ1v) is 3.80. The summed E-state index contributed by atoms with van der Waals surface area (Å²) in [7, 11) is 1.41. The van der Waals surface area contributed by atoms with E-state index < -0.39 is 17.8 Å². The number of benzene rings is 1. The van der Waals surface area contributed by atoms with Crippen molar-refractivity contribution >= 4 is 5.91 Å². The first-order valence-electron chi connectivity index (χ1n) is 3.80. The number of likely N-dealkylation sites (N-methyl/N-ethyl adjacent to an activating group) is 1. The summed E-state index contributed by atoms with van der Waals surface area (Å²) in [5, 5.41) is 11.6. The van der Waals surface area contributed by atoms with Crippen molar-refractivity contribution in [3.63, 3.8) is 0 Å². The van der Waals surface area contributed by atoms with E-state index in [9.17, 15) is 14.3 Å². The van der Waals surface area contributed by atoms with Gasteiger partial charge in [-0.3, -0.25) is 4.79 Å². The van der Waals surface area contributed by atoms with Gasteiger partial charge in [0, 0.05) is 7.05 Å². The number of amides is 1. The van der Waals surface area contributed by atoms with E-state index in [1.54, 1.807) is 0 Å². The normalized spacial score (nSPS) is 12.2. The molecule has 1 amide bonds. The predicted molar refractivity (Wildman–Crippen MR) is 45.4 cm³/mol. The number of carbonyl (C=O) groups excluding carboxylic acids is 1. The van der Waals surface area contributed by atoms with Crippen LogP contribution >= 0.6 is 0 Å². The molecular formula is C9H10FNO2. The maximum atomic E-state index is 12.7. The minimum absolute atomic E-state index is 0.249. The Morgan fingerprint density at radius 2 is 2.31 bits per heavy atom. The standard InChI is InChI=1S/C9H10FNO2/c1-11-9(13)8(12)6-3-2-4-7(10)5-6/h2-5,8,12H,1H3,(H,11,13). The van der Waals surface area contributed by atoms with Gasteiger partial charge in [0.2, 0.25) is 0 Å². The first kappa shape index (κ1) is 9.67. The summed E-state index contributed by atoms with van der Waals surface area (Å²) in [6.07, 6.45) is -1.30. The molecule has 0 heterocycles. The molecule has 0 fully saturated rings. The molecule has 0 saturated carbocycles. The molecule has 0 spiro atoms. The fraction of sp³-hybridized carbons (Fsp3) is 0.222. The minimum atomic E-state index is -1.30. The fourth-order valence-electron chi connectivity index (χ4n) is 0.965. The van der Waals surface area contributed by atoms with Crippen LogP contribution in [0.2, 0.25) is 0 Å². The monoisotopic (exact) mass is 183 g/mol. The number of nitrogens with one attached hydrogen (secondary N) is 1. The Balaban J connectivity index is 2.88. The Kier molecular flexibility index (Phi) is 2.97. The average Bonchev–Trinajstić information content (AvgIpc) is 2.15. The van der Waals surface area contributed by atoms with Crippen molar-refractivity contribution in [3.05, 3.63) is 35.6 Å². The van der Waals surface area contributed by atoms with Gasteiger partial charge < -0.3 is 10.4 Å². The highest BCUT2D eigenvalue weighted by Crippen LogP contribution is 2.13. The zero-order valence-electron chi connectivity index (χ0n) is 7.12. The van der Waals surface area contributed by atoms with Gasteiger partial charge in [-0.1, -0.05) is 12.1 Å². The zero-order chi connectivity index (χ0) is 9.84. The van der Waals surface area contributed by atoms with Crippen LogP contribution in [0, 0.1) is 5.82 Å². The largest absolute Gasteiger partial charge is 0.378 e. The SMILES string of the molecule is CNC(=O)C(O)c1cccc(F)c1. The van der Waals surface area contributed by atoms with Crippen molar-refractivity contribution in [2.24, 2.45) is 0 Å². The number of halogens is 1. The Morgan fingerprint density at radius 1 is 1.62 bits per heavy atom. The highest BCUT2D eigenvalue weighted by molar-refractivity contribution is 5.81. The van der Waals surface area contributed by atoms with E-state index in [2.05, 4.69) is 5.32 Å². The molecular weight excluding hydrogens is 173 g/mol. The molecule has 70 valence electrons. The number of carbonyl (C=O) groups is 1. The van der Waals surface area contributed by atoms with Crippen molar-refractivity contribution in [2.75, 3.05) is 7.05 Å². The van der Waals surface area contributed by atoms with Crippen LogP contribution in [0.3, 0.4) is 0 Å². The van der Waals surface area contributed by atoms with E-state index in [0.717, 1.165) is 6.07 Å². The number of aliphatic hydroxyl groups excluding tert-OH is 1. The number of rotatable bonds is 2. The van der Waals surface area contributed by atoms with Crippen LogP contribution < -0.4 is 5.32 Å². The Bertz CT molecular complexity index is 314. The zero-order valence-corrected chi connectivity index (χ0v) is 7.12. The predicted octanol–water partition coefficient (Wildman–Crippen LogP) is 0.605. The molecule has 4 heteroatoms. The van der Waals surface area contributed by atoms with E-state index >= 15 is 0 Å². The van der Waals surface area contributed by atoms with Gasteiger partial charge in [0.15, 0.2) is 6.10 Å². The molecule has 0 aromatic heterocycles. The first-order chi connectivity index (χ1) is 6.15. The molecule has 0 aliphatic heterocycles. The van der Waals surface area contributed by atoms with Crippen LogP contribution in [-0.4, -0.2) is 18.1 Å². The van der Waals surface area contributed by atoms with Gasteiger partial charge in [0.05, 0.1) is 0 Å². The smallest absolute Gasteiger partial charge is 0.253 e. The molecule has 1 aromatic carbocycles. The molecule has 0 aliphatic carbocycles. The van der Waals surface area contributed by atoms with E-state index in [-0.39, 0.29) is 5.56 Å². The third-order valence-corrected chi connectivity index (χ3v) is 1.66. The van der Waals surface area contributed by atoms with Crippen molar-refractivity contribution < 1.29 is 14.3 Å². The third-order valence-electron chi connectivity index (χ3n) is 1.66. The summed E-state index contributed by atoms with van der Waals surface area (Å²) in [6.45, 7) is 0. The minimum Gasteiger partial charge on any atom is -0.378 e. The molecule has 1 rings (SSSR count). The molecule has 2 N–H and O–H groups in total. The van der Waals surface area contributed by atoms with Gasteiger partial charge in [-0.25, -0.2) is 4.39 Å². The second-order valence-electron chi connectivity index (χ2n) is 2.57. The highest BCUT2D eigenvalue weighted by Gasteiger charge is 2.15. The van der Waals surface area contributed by atoms with E-state index in [1.807, 2.05) is 0 Å². The summed E-state index contributed by atoms with van der Waals surface area (Å²) in [5.41, 5.74) is 0.249. The Morgan fingerprint density at radius 3 is 2.85 bits per heavy atom. The lowest BCUT2D eigenvalue weighted by molar-refractivity contribution is -0.129. The second-order valence-corrected chi connectivity index (χ2v) is 2.57. The van der Waals surface area contributed by atoms with Crippen molar-refractivity contribution in [1.29, 1.82) is 0 Å². The summed E-state index contributed by atoms with van der Waals surface area (Å²) in [4.78, 5) is 10.9. The van der Waals surface area contributed by atoms with Gasteiger partial charge in [-0.15, -0.1) is 0 Å². The molecule has 0 bridgehead atoms. The van der Waals surface area contributed by atoms with Crippen molar-refractivity contribution in [1.82, 2.24) is 5.32 Å². The quantitative estimate of drug-likeness (QED) is 0.705. The summed E-state index contributed by atoms with van der Waals surface area (Å²) in [6, 6.07) is 5.31. The molecule has 1 unspecified atom stereocenters. The molecule has 0 radical (unpaired) electrons. The lowest BCUT2D eigenvalue weighted by Gasteiger charge is -2.08. The molecule has 1 aromatic rings. The van der Waals surface area contributed by atoms with Crippen molar-refractivity contribution in [3.8, 4) is 0 Å². The van der Waals surface area contributed by atoms with E-state index in [1.165, 1.54) is 25.2 Å². The van der Waals surface area contributed by atoms with Gasteiger partial charge in [0.25, 0.3) is 5.91 Å². The Labute approximate surface area is 75.2 Å². The summed E-state index contributed by atoms with van der Waals surface area (Å²) < 4.78 is 12.7. The third kappa shape index (κ3) is 2.26. The van der Waals surface area contributed by atoms with Crippen LogP contribution in [-0.2, 0) is 4.79 Å². The lowest BCUT2D eigenvalue weighted by Crippen LogP contribution is -2.25. The Hall–Kier alpha value is -1.42. The number of hydrogen-bond acceptors (Lipinski definition) is 2. The fourth-order valence-corrected chi connectivity index (χ4v) is 0.965. The second kappa shape index (κ2) is 4.00. The molecule has 3 nitrogen and oxygen atoms in total. The van der Waals surface area contributed by atoms with Gasteiger partial charge >= 0.3 is 0 Å². The topological polar surface area (TPSA) is 49.3 Å². The molecule has 1 atom stereocenters. The molecule has 0 aliphatic rings. The maximum absolute atomic E-state index is 12.7. The summed E-state index contributed by atoms with van der Waals surface area (Å²) in [5.74, 6) is -1.02. The lowest BCUT2D eigenvalue weighted by atomic mass is 10.1. The average molecular weight is 183 g/mol. The maximum Gasteiger partial charge on any atom is 0.253 e. The van der Waals surface area contributed by atoms with Gasteiger partial charge in [0.1, 0.15) is 5.82 Å². The molecule has 13 heavy (non-hydrogen) atoms. The van der Waals surface area contributed by atoms with Crippen molar-refractivity contribution in [2.45, 2.75) is 6.10 Å². The van der Waals surface area contributed by atoms with Crippen LogP contribution in [0.15, 0.2) is 24.3 Å². The van der Waals surface area contributed by atoms with E-state index in [4.69, 9.17) is 0 Å². The molecule has 0 saturated heterocycles. The van der Waals surface area contributed by atoms with Crippen LogP contribution in [0.4, 0.5) is 4.39 Å². The highest BCUT2D eigenvalue weighted by atomic mass is 19.1. The van der Waals surface area contributed by atoms with Crippen LogP contribution in [0.1, 0.15) is 11.7 Å². The van der Waals surface area contributed by atoms with E-state index in [0.29, 0.717) is 0 Å². The van der Waals surface area contributed by atoms with Gasteiger partial charge in [-0.05, 0) is 17.7 Å². The summed E-state index contributed by atoms with van der Waals surface area (Å²) >= 11 is 0.